The Bertz CT molecular complexity index is 292. The van der Waals surface area contributed by atoms with E-state index < -0.39 is 0 Å². The molecule has 0 spiro atoms. The minimum Gasteiger partial charge on any atom is -0.298 e. The molecule has 0 unspecified atom stereocenters. The fourth-order valence-electron chi connectivity index (χ4n) is 0.968. The van der Waals surface area contributed by atoms with Gasteiger partial charge in [0.2, 0.25) is 0 Å². The summed E-state index contributed by atoms with van der Waals surface area (Å²) in [6.45, 7) is 3.82. The van der Waals surface area contributed by atoms with Crippen molar-refractivity contribution in [2.75, 3.05) is 0 Å². The van der Waals surface area contributed by atoms with Crippen LogP contribution in [0.25, 0.3) is 0 Å². The average Bonchev–Trinajstić information content (AvgIpc) is 1.97. The molecule has 0 fully saturated rings. The molecule has 0 saturated carbocycles. The van der Waals surface area contributed by atoms with Crippen molar-refractivity contribution in [3.8, 4) is 0 Å². The SMILES string of the molecule is Cc1cc(C)c(C=O)cc1Cl. The van der Waals surface area contributed by atoms with Crippen LogP contribution in [-0.2, 0) is 0 Å². The van der Waals surface area contributed by atoms with E-state index in [-0.39, 0.29) is 0 Å². The Kier molecular flexibility index (Phi) is 2.30. The molecule has 1 aromatic carbocycles. The summed E-state index contributed by atoms with van der Waals surface area (Å²) in [5, 5.41) is 0.651. The first-order valence-electron chi connectivity index (χ1n) is 3.37. The van der Waals surface area contributed by atoms with Gasteiger partial charge in [0.05, 0.1) is 0 Å². The zero-order valence-corrected chi connectivity index (χ0v) is 7.27. The monoisotopic (exact) mass is 168 g/mol. The molecule has 1 aromatic rings. The second-order valence-electron chi connectivity index (χ2n) is 2.58. The molecule has 1 nitrogen and oxygen atoms in total. The van der Waals surface area contributed by atoms with E-state index in [1.165, 1.54) is 0 Å². The molecule has 11 heavy (non-hydrogen) atoms. The van der Waals surface area contributed by atoms with E-state index in [9.17, 15) is 4.79 Å². The number of carbonyl (C=O) groups excluding carboxylic acids is 1. The standard InChI is InChI=1S/C9H9ClO/c1-6-3-7(2)9(10)4-8(6)5-11/h3-5H,1-2H3. The molecule has 0 aliphatic carbocycles. The van der Waals surface area contributed by atoms with Gasteiger partial charge in [-0.3, -0.25) is 4.79 Å². The van der Waals surface area contributed by atoms with Crippen LogP contribution in [0.5, 0.6) is 0 Å². The first kappa shape index (κ1) is 8.28. The number of benzene rings is 1. The van der Waals surface area contributed by atoms with Crippen molar-refractivity contribution in [1.29, 1.82) is 0 Å². The summed E-state index contributed by atoms with van der Waals surface area (Å²) < 4.78 is 0. The van der Waals surface area contributed by atoms with E-state index in [2.05, 4.69) is 0 Å². The summed E-state index contributed by atoms with van der Waals surface area (Å²) in [4.78, 5) is 10.4. The van der Waals surface area contributed by atoms with Crippen molar-refractivity contribution < 1.29 is 4.79 Å². The summed E-state index contributed by atoms with van der Waals surface area (Å²) in [5.41, 5.74) is 2.65. The third-order valence-electron chi connectivity index (χ3n) is 1.67. The predicted molar refractivity (Wildman–Crippen MR) is 46.3 cm³/mol. The highest BCUT2D eigenvalue weighted by Crippen LogP contribution is 2.18. The van der Waals surface area contributed by atoms with E-state index in [1.54, 1.807) is 6.07 Å². The molecule has 0 aliphatic heterocycles. The van der Waals surface area contributed by atoms with Crippen molar-refractivity contribution in [3.05, 3.63) is 33.8 Å². The third-order valence-corrected chi connectivity index (χ3v) is 2.08. The first-order valence-corrected chi connectivity index (χ1v) is 3.75. The molecule has 0 radical (unpaired) electrons. The molecular formula is C9H9ClO. The highest BCUT2D eigenvalue weighted by atomic mass is 35.5. The first-order chi connectivity index (χ1) is 5.15. The average molecular weight is 169 g/mol. The number of aldehydes is 1. The Balaban J connectivity index is 3.31. The van der Waals surface area contributed by atoms with Crippen LogP contribution in [0.1, 0.15) is 21.5 Å². The van der Waals surface area contributed by atoms with E-state index in [0.717, 1.165) is 17.4 Å². The predicted octanol–water partition coefficient (Wildman–Crippen LogP) is 2.77. The summed E-state index contributed by atoms with van der Waals surface area (Å²) in [6.07, 6.45) is 0.820. The molecule has 2 heteroatoms. The van der Waals surface area contributed by atoms with Crippen molar-refractivity contribution in [1.82, 2.24) is 0 Å². The molecule has 58 valence electrons. The maximum atomic E-state index is 10.4. The Labute approximate surface area is 71.0 Å². The van der Waals surface area contributed by atoms with Gasteiger partial charge in [0, 0.05) is 10.6 Å². The zero-order valence-electron chi connectivity index (χ0n) is 6.52. The second-order valence-corrected chi connectivity index (χ2v) is 2.98. The van der Waals surface area contributed by atoms with Gasteiger partial charge < -0.3 is 0 Å². The quantitative estimate of drug-likeness (QED) is 0.590. The Morgan fingerprint density at radius 2 is 1.91 bits per heavy atom. The van der Waals surface area contributed by atoms with Crippen LogP contribution < -0.4 is 0 Å². The zero-order chi connectivity index (χ0) is 8.43. The molecule has 0 amide bonds. The lowest BCUT2D eigenvalue weighted by atomic mass is 10.1. The van der Waals surface area contributed by atoms with E-state index in [0.29, 0.717) is 10.6 Å². The maximum absolute atomic E-state index is 10.4. The van der Waals surface area contributed by atoms with Gasteiger partial charge in [0.15, 0.2) is 0 Å². The van der Waals surface area contributed by atoms with Crippen molar-refractivity contribution in [2.24, 2.45) is 0 Å². The smallest absolute Gasteiger partial charge is 0.150 e. The van der Waals surface area contributed by atoms with E-state index in [1.807, 2.05) is 19.9 Å². The van der Waals surface area contributed by atoms with E-state index >= 15 is 0 Å². The normalized spacial score (nSPS) is 9.73. The Hall–Kier alpha value is -0.820. The van der Waals surface area contributed by atoms with E-state index in [4.69, 9.17) is 11.6 Å². The van der Waals surface area contributed by atoms with Crippen LogP contribution in [0, 0.1) is 13.8 Å². The van der Waals surface area contributed by atoms with Gasteiger partial charge in [-0.1, -0.05) is 17.7 Å². The topological polar surface area (TPSA) is 17.1 Å². The Morgan fingerprint density at radius 1 is 1.27 bits per heavy atom. The molecule has 0 aliphatic rings. The maximum Gasteiger partial charge on any atom is 0.150 e. The van der Waals surface area contributed by atoms with Crippen molar-refractivity contribution in [2.45, 2.75) is 13.8 Å². The van der Waals surface area contributed by atoms with Gasteiger partial charge in [0.1, 0.15) is 6.29 Å². The summed E-state index contributed by atoms with van der Waals surface area (Å²) in [5.74, 6) is 0. The minimum absolute atomic E-state index is 0.651. The number of hydrogen-bond donors (Lipinski definition) is 0. The number of rotatable bonds is 1. The lowest BCUT2D eigenvalue weighted by Crippen LogP contribution is -1.87. The van der Waals surface area contributed by atoms with Gasteiger partial charge >= 0.3 is 0 Å². The fraction of sp³-hybridized carbons (Fsp3) is 0.222. The van der Waals surface area contributed by atoms with Gasteiger partial charge in [-0.2, -0.15) is 0 Å². The van der Waals surface area contributed by atoms with Gasteiger partial charge in [-0.25, -0.2) is 0 Å². The van der Waals surface area contributed by atoms with Gasteiger partial charge in [-0.15, -0.1) is 0 Å². The van der Waals surface area contributed by atoms with Crippen LogP contribution in [0.3, 0.4) is 0 Å². The Morgan fingerprint density at radius 3 is 2.45 bits per heavy atom. The highest BCUT2D eigenvalue weighted by Gasteiger charge is 2.00. The minimum atomic E-state index is 0.651. The molecule has 0 N–H and O–H groups in total. The second kappa shape index (κ2) is 3.05. The van der Waals surface area contributed by atoms with Gasteiger partial charge in [0.25, 0.3) is 0 Å². The van der Waals surface area contributed by atoms with Crippen molar-refractivity contribution in [3.63, 3.8) is 0 Å². The van der Waals surface area contributed by atoms with Crippen molar-refractivity contribution >= 4 is 17.9 Å². The van der Waals surface area contributed by atoms with Crippen LogP contribution in [-0.4, -0.2) is 6.29 Å². The molecule has 0 bridgehead atoms. The lowest BCUT2D eigenvalue weighted by molar-refractivity contribution is 0.112. The van der Waals surface area contributed by atoms with Crippen LogP contribution in [0.15, 0.2) is 12.1 Å². The lowest BCUT2D eigenvalue weighted by Gasteiger charge is -2.01. The van der Waals surface area contributed by atoms with Crippen LogP contribution in [0.2, 0.25) is 5.02 Å². The number of aryl methyl sites for hydroxylation is 2. The van der Waals surface area contributed by atoms with Crippen LogP contribution in [0.4, 0.5) is 0 Å². The molecule has 0 heterocycles. The molecular weight excluding hydrogens is 160 g/mol. The number of halogens is 1. The fourth-order valence-corrected chi connectivity index (χ4v) is 1.14. The highest BCUT2D eigenvalue weighted by molar-refractivity contribution is 6.31. The number of carbonyl (C=O) groups is 1. The number of hydrogen-bond acceptors (Lipinski definition) is 1. The largest absolute Gasteiger partial charge is 0.298 e. The third kappa shape index (κ3) is 1.60. The summed E-state index contributed by atoms with van der Waals surface area (Å²) in [7, 11) is 0. The molecule has 1 rings (SSSR count). The molecule has 0 atom stereocenters. The molecule has 0 aromatic heterocycles. The summed E-state index contributed by atoms with van der Waals surface area (Å²) in [6, 6.07) is 3.60. The summed E-state index contributed by atoms with van der Waals surface area (Å²) >= 11 is 5.81. The molecule has 0 saturated heterocycles. The van der Waals surface area contributed by atoms with Gasteiger partial charge in [-0.05, 0) is 31.0 Å². The van der Waals surface area contributed by atoms with Crippen LogP contribution >= 0.6 is 11.6 Å².